The number of amides is 2. The summed E-state index contributed by atoms with van der Waals surface area (Å²) in [6.07, 6.45) is 3.67. The molecule has 38 heavy (non-hydrogen) atoms. The Kier molecular flexibility index (Phi) is 7.43. The molecule has 1 aliphatic heterocycles. The molecule has 4 aromatic rings. The fraction of sp³-hybridized carbons (Fsp3) is 0.321. The molecule has 198 valence electrons. The summed E-state index contributed by atoms with van der Waals surface area (Å²) < 4.78 is 8.75. The van der Waals surface area contributed by atoms with Gasteiger partial charge in [0.2, 0.25) is 0 Å². The fourth-order valence-electron chi connectivity index (χ4n) is 5.06. The minimum atomic E-state index is -0.313. The zero-order chi connectivity index (χ0) is 26.6. The van der Waals surface area contributed by atoms with Gasteiger partial charge in [-0.15, -0.1) is 0 Å². The Balaban J connectivity index is 1.41. The number of aromatic hydroxyl groups is 1. The molecule has 0 unspecified atom stereocenters. The first-order chi connectivity index (χ1) is 18.4. The van der Waals surface area contributed by atoms with Crippen molar-refractivity contribution in [1.82, 2.24) is 29.8 Å². The van der Waals surface area contributed by atoms with Gasteiger partial charge in [0.05, 0.1) is 24.5 Å². The van der Waals surface area contributed by atoms with Crippen LogP contribution in [0.5, 0.6) is 5.75 Å². The molecule has 1 saturated heterocycles. The third kappa shape index (κ3) is 5.41. The summed E-state index contributed by atoms with van der Waals surface area (Å²) in [5.41, 5.74) is 4.29. The lowest BCUT2D eigenvalue weighted by atomic mass is 9.94. The number of aryl methyl sites for hydroxylation is 1. The maximum Gasteiger partial charge on any atom is 0.320 e. The van der Waals surface area contributed by atoms with E-state index in [0.717, 1.165) is 41.2 Å². The summed E-state index contributed by atoms with van der Waals surface area (Å²) in [5.74, 6) is 0.831. The summed E-state index contributed by atoms with van der Waals surface area (Å²) >= 11 is 0. The minimum absolute atomic E-state index is 0.0239. The second-order valence-corrected chi connectivity index (χ2v) is 9.63. The summed E-state index contributed by atoms with van der Waals surface area (Å²) in [6.45, 7) is 4.75. The van der Waals surface area contributed by atoms with E-state index in [1.807, 2.05) is 62.6 Å². The largest absolute Gasteiger partial charge is 0.508 e. The Labute approximate surface area is 221 Å². The molecule has 2 atom stereocenters. The number of rotatable bonds is 8. The number of ether oxygens (including phenoxy) is 1. The number of likely N-dealkylation sites (tertiary alicyclic amines) is 1. The molecule has 0 aliphatic carbocycles. The lowest BCUT2D eigenvalue weighted by molar-refractivity contribution is 0.159. The van der Waals surface area contributed by atoms with Crippen LogP contribution in [0.4, 0.5) is 10.6 Å². The zero-order valence-corrected chi connectivity index (χ0v) is 21.8. The van der Waals surface area contributed by atoms with Gasteiger partial charge in [-0.05, 0) is 36.8 Å². The Morgan fingerprint density at radius 2 is 1.97 bits per heavy atom. The van der Waals surface area contributed by atoms with Crippen LogP contribution >= 0.6 is 0 Å². The summed E-state index contributed by atoms with van der Waals surface area (Å²) in [4.78, 5) is 15.7. The van der Waals surface area contributed by atoms with Crippen molar-refractivity contribution in [1.29, 1.82) is 0 Å². The van der Waals surface area contributed by atoms with Crippen molar-refractivity contribution in [2.24, 2.45) is 7.05 Å². The molecular weight excluding hydrogens is 482 g/mol. The van der Waals surface area contributed by atoms with Crippen LogP contribution in [0.3, 0.4) is 0 Å². The number of aromatic nitrogens is 4. The third-order valence-electron chi connectivity index (χ3n) is 6.96. The number of methoxy groups -OCH3 is 1. The van der Waals surface area contributed by atoms with Gasteiger partial charge in [0.1, 0.15) is 17.3 Å². The normalized spacial score (nSPS) is 17.6. The number of anilines is 1. The number of carbonyl (C=O) groups excluding carboxylic acids is 1. The van der Waals surface area contributed by atoms with E-state index >= 15 is 0 Å². The molecule has 1 fully saturated rings. The van der Waals surface area contributed by atoms with Crippen molar-refractivity contribution in [3.8, 4) is 22.7 Å². The molecule has 0 spiro atoms. The highest BCUT2D eigenvalue weighted by Crippen LogP contribution is 2.32. The van der Waals surface area contributed by atoms with Gasteiger partial charge in [0.25, 0.3) is 0 Å². The van der Waals surface area contributed by atoms with Gasteiger partial charge in [0.15, 0.2) is 0 Å². The fourth-order valence-corrected chi connectivity index (χ4v) is 5.06. The molecule has 2 amide bonds. The number of benzene rings is 2. The number of phenolic OH excluding ortho intramolecular Hbond substituents is 1. The van der Waals surface area contributed by atoms with Gasteiger partial charge in [-0.25, -0.2) is 9.48 Å². The number of hydrogen-bond acceptors (Lipinski definition) is 6. The number of nitrogens with zero attached hydrogens (tertiary/aromatic N) is 5. The number of nitrogens with one attached hydrogen (secondary N) is 2. The van der Waals surface area contributed by atoms with E-state index in [1.54, 1.807) is 34.8 Å². The lowest BCUT2D eigenvalue weighted by Crippen LogP contribution is -2.42. The van der Waals surface area contributed by atoms with Crippen LogP contribution in [-0.4, -0.2) is 75.0 Å². The van der Waals surface area contributed by atoms with Crippen molar-refractivity contribution in [2.45, 2.75) is 18.9 Å². The highest BCUT2D eigenvalue weighted by Gasteiger charge is 2.35. The number of para-hydroxylation sites is 1. The van der Waals surface area contributed by atoms with Gasteiger partial charge in [0, 0.05) is 57.0 Å². The molecule has 1 aliphatic rings. The summed E-state index contributed by atoms with van der Waals surface area (Å²) in [7, 11) is 3.55. The van der Waals surface area contributed by atoms with Gasteiger partial charge < -0.3 is 15.2 Å². The average molecular weight is 516 g/mol. The van der Waals surface area contributed by atoms with E-state index in [9.17, 15) is 9.90 Å². The van der Waals surface area contributed by atoms with Gasteiger partial charge in [-0.3, -0.25) is 14.9 Å². The average Bonchev–Trinajstić information content (AvgIpc) is 3.61. The highest BCUT2D eigenvalue weighted by molar-refractivity contribution is 5.91. The predicted molar refractivity (Wildman–Crippen MR) is 146 cm³/mol. The van der Waals surface area contributed by atoms with Crippen molar-refractivity contribution in [2.75, 3.05) is 38.7 Å². The van der Waals surface area contributed by atoms with Gasteiger partial charge in [-0.2, -0.15) is 10.2 Å². The number of carbonyl (C=O) groups is 1. The molecule has 0 radical (unpaired) electrons. The molecule has 0 saturated carbocycles. The first kappa shape index (κ1) is 25.5. The molecular formula is C28H33N7O3. The Morgan fingerprint density at radius 3 is 2.68 bits per heavy atom. The standard InChI is InChI=1S/C28H33N7O3/c1-19-26(21-15-29-33(2)16-21)32-35(22-9-5-4-6-10-22)27(19)31-28(37)30-25-18-34(12-13-38-3)17-24(25)20-8-7-11-23(36)14-20/h4-11,14-16,24-25,36H,12-13,17-18H2,1-3H3,(H2,30,31,37)/t24-,25+/m0/s1. The maximum atomic E-state index is 13.4. The van der Waals surface area contributed by atoms with Gasteiger partial charge in [-0.1, -0.05) is 30.3 Å². The van der Waals surface area contributed by atoms with E-state index in [4.69, 9.17) is 9.84 Å². The maximum absolute atomic E-state index is 13.4. The monoisotopic (exact) mass is 515 g/mol. The molecule has 10 heteroatoms. The van der Waals surface area contributed by atoms with Crippen molar-refractivity contribution in [3.05, 3.63) is 78.1 Å². The SMILES string of the molecule is COCCN1C[C@@H](NC(=O)Nc2c(C)c(-c3cnn(C)c3)nn2-c2ccccc2)[C@H](c2cccc(O)c2)C1. The van der Waals surface area contributed by atoms with Crippen LogP contribution < -0.4 is 10.6 Å². The van der Waals surface area contributed by atoms with E-state index in [1.165, 1.54) is 0 Å². The lowest BCUT2D eigenvalue weighted by Gasteiger charge is -2.21. The molecule has 0 bridgehead atoms. The molecule has 2 aromatic heterocycles. The Bertz CT molecular complexity index is 1400. The molecule has 10 nitrogen and oxygen atoms in total. The number of phenols is 1. The van der Waals surface area contributed by atoms with Crippen molar-refractivity contribution >= 4 is 11.8 Å². The van der Waals surface area contributed by atoms with E-state index in [2.05, 4.69) is 20.6 Å². The topological polar surface area (TPSA) is 109 Å². The van der Waals surface area contributed by atoms with Crippen LogP contribution in [0.1, 0.15) is 17.0 Å². The summed E-state index contributed by atoms with van der Waals surface area (Å²) in [6, 6.07) is 16.5. The first-order valence-electron chi connectivity index (χ1n) is 12.6. The van der Waals surface area contributed by atoms with Gasteiger partial charge >= 0.3 is 6.03 Å². The smallest absolute Gasteiger partial charge is 0.320 e. The van der Waals surface area contributed by atoms with Crippen LogP contribution in [0.2, 0.25) is 0 Å². The highest BCUT2D eigenvalue weighted by atomic mass is 16.5. The van der Waals surface area contributed by atoms with Crippen LogP contribution in [0.25, 0.3) is 16.9 Å². The third-order valence-corrected chi connectivity index (χ3v) is 6.96. The Morgan fingerprint density at radius 1 is 1.16 bits per heavy atom. The quantitative estimate of drug-likeness (QED) is 0.331. The van der Waals surface area contributed by atoms with Crippen molar-refractivity contribution < 1.29 is 14.6 Å². The predicted octanol–water partition coefficient (Wildman–Crippen LogP) is 3.52. The minimum Gasteiger partial charge on any atom is -0.508 e. The molecule has 5 rings (SSSR count). The second kappa shape index (κ2) is 11.1. The van der Waals surface area contributed by atoms with Crippen LogP contribution in [0, 0.1) is 6.92 Å². The van der Waals surface area contributed by atoms with Crippen LogP contribution in [0.15, 0.2) is 67.0 Å². The Hall–Kier alpha value is -4.15. The second-order valence-electron chi connectivity index (χ2n) is 9.63. The first-order valence-corrected chi connectivity index (χ1v) is 12.6. The van der Waals surface area contributed by atoms with E-state index in [-0.39, 0.29) is 23.7 Å². The van der Waals surface area contributed by atoms with E-state index < -0.39 is 0 Å². The molecule has 3 N–H and O–H groups in total. The number of urea groups is 1. The van der Waals surface area contributed by atoms with Crippen LogP contribution in [-0.2, 0) is 11.8 Å². The summed E-state index contributed by atoms with van der Waals surface area (Å²) in [5, 5.41) is 25.4. The zero-order valence-electron chi connectivity index (χ0n) is 21.8. The number of hydrogen-bond donors (Lipinski definition) is 3. The van der Waals surface area contributed by atoms with Crippen molar-refractivity contribution in [3.63, 3.8) is 0 Å². The van der Waals surface area contributed by atoms with E-state index in [0.29, 0.717) is 19.0 Å². The molecule has 3 heterocycles. The molecule has 2 aromatic carbocycles.